The summed E-state index contributed by atoms with van der Waals surface area (Å²) in [5.74, 6) is 3.37. The van der Waals surface area contributed by atoms with Gasteiger partial charge in [0.1, 0.15) is 17.4 Å². The average molecular weight is 325 g/mol. The van der Waals surface area contributed by atoms with Crippen molar-refractivity contribution < 1.29 is 4.74 Å². The zero-order valence-electron chi connectivity index (χ0n) is 14.0. The van der Waals surface area contributed by atoms with Gasteiger partial charge in [0.25, 0.3) is 0 Å². The van der Waals surface area contributed by atoms with E-state index in [1.807, 2.05) is 45.2 Å². The van der Waals surface area contributed by atoms with Crippen LogP contribution in [0.5, 0.6) is 5.75 Å². The van der Waals surface area contributed by atoms with Crippen LogP contribution in [0.4, 0.5) is 17.5 Å². The molecule has 3 N–H and O–H groups in total. The van der Waals surface area contributed by atoms with E-state index in [1.165, 1.54) is 0 Å². The molecule has 0 aliphatic carbocycles. The quantitative estimate of drug-likeness (QED) is 0.663. The van der Waals surface area contributed by atoms with Crippen molar-refractivity contribution in [2.24, 2.45) is 0 Å². The molecule has 24 heavy (non-hydrogen) atoms. The average Bonchev–Trinajstić information content (AvgIpc) is 3.00. The third kappa shape index (κ3) is 3.27. The fourth-order valence-corrected chi connectivity index (χ4v) is 2.32. The zero-order chi connectivity index (χ0) is 17.1. The highest BCUT2D eigenvalue weighted by Crippen LogP contribution is 2.31. The summed E-state index contributed by atoms with van der Waals surface area (Å²) >= 11 is 0. The number of nitrogens with one attached hydrogen (secondary N) is 3. The zero-order valence-corrected chi connectivity index (χ0v) is 14.0. The Hall–Kier alpha value is -3.16. The van der Waals surface area contributed by atoms with Gasteiger partial charge in [0.15, 0.2) is 5.82 Å². The molecule has 0 amide bonds. The molecule has 3 rings (SSSR count). The number of nitrogens with zero attached hydrogens (tertiary/aromatic N) is 4. The van der Waals surface area contributed by atoms with Crippen molar-refractivity contribution in [1.29, 1.82) is 0 Å². The van der Waals surface area contributed by atoms with Crippen LogP contribution in [-0.2, 0) is 0 Å². The summed E-state index contributed by atoms with van der Waals surface area (Å²) in [4.78, 5) is 11.9. The highest BCUT2D eigenvalue weighted by molar-refractivity contribution is 5.71. The number of methoxy groups -OCH3 is 1. The number of ether oxygens (including phenoxy) is 1. The topological polar surface area (TPSA) is 101 Å². The van der Waals surface area contributed by atoms with Gasteiger partial charge in [-0.3, -0.25) is 0 Å². The highest BCUT2D eigenvalue weighted by atomic mass is 16.5. The van der Waals surface area contributed by atoms with Crippen LogP contribution in [0, 0.1) is 13.8 Å². The second-order valence-electron chi connectivity index (χ2n) is 5.27. The predicted octanol–water partition coefficient (Wildman–Crippen LogP) is 2.67. The molecule has 0 spiro atoms. The van der Waals surface area contributed by atoms with E-state index < -0.39 is 0 Å². The molecule has 0 aliphatic rings. The first-order valence-electron chi connectivity index (χ1n) is 7.47. The summed E-state index contributed by atoms with van der Waals surface area (Å²) in [6.45, 7) is 3.77. The Morgan fingerprint density at radius 3 is 2.58 bits per heavy atom. The molecule has 0 radical (unpaired) electrons. The molecule has 0 aliphatic heterocycles. The third-order valence-corrected chi connectivity index (χ3v) is 3.42. The monoisotopic (exact) mass is 325 g/mol. The number of hydrogen-bond donors (Lipinski definition) is 3. The molecule has 1 aromatic carbocycles. The minimum Gasteiger partial charge on any atom is -0.496 e. The van der Waals surface area contributed by atoms with E-state index in [4.69, 9.17) is 4.74 Å². The largest absolute Gasteiger partial charge is 0.496 e. The van der Waals surface area contributed by atoms with E-state index in [0.717, 1.165) is 28.6 Å². The standard InChI is InChI=1S/C16H19N7O/c1-9-7-14(17-3)21-16(18-9)20-11-5-6-13(24-4)12(8-11)15-19-10(2)22-23-15/h5-8H,1-4H3,(H,19,22,23)(H2,17,18,20,21). The summed E-state index contributed by atoms with van der Waals surface area (Å²) in [7, 11) is 3.45. The van der Waals surface area contributed by atoms with E-state index in [-0.39, 0.29) is 0 Å². The van der Waals surface area contributed by atoms with E-state index in [1.54, 1.807) is 7.11 Å². The molecule has 0 bridgehead atoms. The lowest BCUT2D eigenvalue weighted by molar-refractivity contribution is 0.416. The van der Waals surface area contributed by atoms with Gasteiger partial charge in [-0.05, 0) is 32.0 Å². The first kappa shape index (κ1) is 15.7. The maximum absolute atomic E-state index is 5.41. The minimum atomic E-state index is 0.518. The number of anilines is 3. The van der Waals surface area contributed by atoms with Crippen molar-refractivity contribution in [1.82, 2.24) is 25.1 Å². The maximum atomic E-state index is 5.41. The molecule has 0 saturated carbocycles. The van der Waals surface area contributed by atoms with Crippen molar-refractivity contribution in [3.63, 3.8) is 0 Å². The molecule has 0 atom stereocenters. The Bertz CT molecular complexity index is 859. The summed E-state index contributed by atoms with van der Waals surface area (Å²) in [5, 5.41) is 14.4. The molecule has 0 fully saturated rings. The molecule has 0 unspecified atom stereocenters. The first-order valence-corrected chi connectivity index (χ1v) is 7.47. The lowest BCUT2D eigenvalue weighted by atomic mass is 10.1. The van der Waals surface area contributed by atoms with Gasteiger partial charge in [-0.2, -0.15) is 4.98 Å². The van der Waals surface area contributed by atoms with Crippen molar-refractivity contribution in [3.05, 3.63) is 35.8 Å². The Balaban J connectivity index is 1.96. The summed E-state index contributed by atoms with van der Waals surface area (Å²) in [5.41, 5.74) is 2.51. The SMILES string of the molecule is CNc1cc(C)nc(Nc2ccc(OC)c(-c3nnc(C)[nH]3)c2)n1. The first-order chi connectivity index (χ1) is 11.6. The van der Waals surface area contributed by atoms with Crippen LogP contribution in [0.2, 0.25) is 0 Å². The van der Waals surface area contributed by atoms with Gasteiger partial charge < -0.3 is 20.4 Å². The summed E-state index contributed by atoms with van der Waals surface area (Å²) < 4.78 is 5.41. The minimum absolute atomic E-state index is 0.518. The van der Waals surface area contributed by atoms with E-state index >= 15 is 0 Å². The van der Waals surface area contributed by atoms with Gasteiger partial charge in [0.2, 0.25) is 5.95 Å². The molecular formula is C16H19N7O. The number of aromatic amines is 1. The molecule has 0 saturated heterocycles. The van der Waals surface area contributed by atoms with Crippen LogP contribution in [0.15, 0.2) is 24.3 Å². The molecule has 8 nitrogen and oxygen atoms in total. The molecule has 2 heterocycles. The van der Waals surface area contributed by atoms with E-state index in [9.17, 15) is 0 Å². The lowest BCUT2D eigenvalue weighted by Gasteiger charge is -2.11. The number of aromatic nitrogens is 5. The summed E-state index contributed by atoms with van der Waals surface area (Å²) in [6.07, 6.45) is 0. The van der Waals surface area contributed by atoms with Gasteiger partial charge in [0, 0.05) is 24.5 Å². The second-order valence-corrected chi connectivity index (χ2v) is 5.27. The van der Waals surface area contributed by atoms with Gasteiger partial charge in [-0.15, -0.1) is 10.2 Å². The molecular weight excluding hydrogens is 306 g/mol. The molecule has 124 valence electrons. The fraction of sp³-hybridized carbons (Fsp3) is 0.250. The van der Waals surface area contributed by atoms with Crippen molar-refractivity contribution in [2.45, 2.75) is 13.8 Å². The fourth-order valence-electron chi connectivity index (χ4n) is 2.32. The van der Waals surface area contributed by atoms with Gasteiger partial charge in [-0.1, -0.05) is 0 Å². The third-order valence-electron chi connectivity index (χ3n) is 3.42. The maximum Gasteiger partial charge on any atom is 0.229 e. The second kappa shape index (κ2) is 6.53. The van der Waals surface area contributed by atoms with E-state index in [2.05, 4.69) is 35.8 Å². The number of H-pyrrole nitrogens is 1. The van der Waals surface area contributed by atoms with Crippen LogP contribution in [-0.4, -0.2) is 39.3 Å². The number of benzene rings is 1. The normalized spacial score (nSPS) is 10.5. The predicted molar refractivity (Wildman–Crippen MR) is 92.7 cm³/mol. The van der Waals surface area contributed by atoms with Gasteiger partial charge in [-0.25, -0.2) is 4.98 Å². The number of rotatable bonds is 5. The van der Waals surface area contributed by atoms with Crippen LogP contribution < -0.4 is 15.4 Å². The lowest BCUT2D eigenvalue weighted by Crippen LogP contribution is -2.02. The molecule has 3 aromatic rings. The smallest absolute Gasteiger partial charge is 0.229 e. The Morgan fingerprint density at radius 2 is 1.92 bits per heavy atom. The van der Waals surface area contributed by atoms with Gasteiger partial charge >= 0.3 is 0 Å². The van der Waals surface area contributed by atoms with Crippen LogP contribution >= 0.6 is 0 Å². The number of aryl methyl sites for hydroxylation is 2. The van der Waals surface area contributed by atoms with Crippen molar-refractivity contribution in [2.75, 3.05) is 24.8 Å². The highest BCUT2D eigenvalue weighted by Gasteiger charge is 2.12. The van der Waals surface area contributed by atoms with Crippen molar-refractivity contribution >= 4 is 17.5 Å². The number of hydrogen-bond acceptors (Lipinski definition) is 7. The van der Waals surface area contributed by atoms with Crippen LogP contribution in [0.25, 0.3) is 11.4 Å². The molecule has 8 heteroatoms. The van der Waals surface area contributed by atoms with Crippen LogP contribution in [0.3, 0.4) is 0 Å². The van der Waals surface area contributed by atoms with Crippen LogP contribution in [0.1, 0.15) is 11.5 Å². The Morgan fingerprint density at radius 1 is 1.08 bits per heavy atom. The molecule has 2 aromatic heterocycles. The van der Waals surface area contributed by atoms with E-state index in [0.29, 0.717) is 17.5 Å². The summed E-state index contributed by atoms with van der Waals surface area (Å²) in [6, 6.07) is 7.56. The Kier molecular flexibility index (Phi) is 4.28. The van der Waals surface area contributed by atoms with Gasteiger partial charge in [0.05, 0.1) is 12.7 Å². The Labute approximate surface area is 139 Å². The van der Waals surface area contributed by atoms with Crippen molar-refractivity contribution in [3.8, 4) is 17.1 Å².